The van der Waals surface area contributed by atoms with Crippen LogP contribution in [0.4, 0.5) is 0 Å². The fourth-order valence-electron chi connectivity index (χ4n) is 2.12. The second kappa shape index (κ2) is 5.54. The number of amides is 1. The fourth-order valence-corrected chi connectivity index (χ4v) is 2.84. The first kappa shape index (κ1) is 13.0. The van der Waals surface area contributed by atoms with E-state index in [2.05, 4.69) is 0 Å². The van der Waals surface area contributed by atoms with Gasteiger partial charge in [0, 0.05) is 13.6 Å². The highest BCUT2D eigenvalue weighted by molar-refractivity contribution is 7.12. The number of ether oxygens (including phenoxy) is 2. The van der Waals surface area contributed by atoms with Crippen LogP contribution in [0.1, 0.15) is 15.2 Å². The fraction of sp³-hybridized carbons (Fsp3) is 0.267. The normalized spacial score (nSPS) is 13.1. The smallest absolute Gasteiger partial charge is 0.263 e. The summed E-state index contributed by atoms with van der Waals surface area (Å²) >= 11 is 1.46. The molecule has 2 heterocycles. The van der Waals surface area contributed by atoms with E-state index >= 15 is 0 Å². The van der Waals surface area contributed by atoms with Crippen molar-refractivity contribution >= 4 is 17.2 Å². The molecule has 1 aromatic carbocycles. The van der Waals surface area contributed by atoms with Crippen LogP contribution in [0.15, 0.2) is 35.7 Å². The van der Waals surface area contributed by atoms with Gasteiger partial charge in [0.1, 0.15) is 13.2 Å². The number of hydrogen-bond acceptors (Lipinski definition) is 4. The van der Waals surface area contributed by atoms with Gasteiger partial charge in [-0.15, -0.1) is 11.3 Å². The van der Waals surface area contributed by atoms with Crippen molar-refractivity contribution in [1.29, 1.82) is 0 Å². The number of nitrogens with zero attached hydrogens (tertiary/aromatic N) is 1. The van der Waals surface area contributed by atoms with E-state index in [9.17, 15) is 4.79 Å². The summed E-state index contributed by atoms with van der Waals surface area (Å²) in [6, 6.07) is 9.52. The van der Waals surface area contributed by atoms with Gasteiger partial charge in [-0.25, -0.2) is 0 Å². The Kier molecular flexibility index (Phi) is 3.60. The number of carbonyl (C=O) groups excluding carboxylic acids is 1. The average Bonchev–Trinajstić information content (AvgIpc) is 3.00. The first-order valence-corrected chi connectivity index (χ1v) is 7.29. The third-order valence-corrected chi connectivity index (χ3v) is 3.96. The number of benzene rings is 1. The Morgan fingerprint density at radius 2 is 2.05 bits per heavy atom. The maximum absolute atomic E-state index is 12.2. The summed E-state index contributed by atoms with van der Waals surface area (Å²) in [6.07, 6.45) is 0. The van der Waals surface area contributed by atoms with Crippen LogP contribution < -0.4 is 9.47 Å². The van der Waals surface area contributed by atoms with Crippen molar-refractivity contribution in [3.8, 4) is 11.5 Å². The Hall–Kier alpha value is -2.01. The van der Waals surface area contributed by atoms with Gasteiger partial charge in [0.05, 0.1) is 4.88 Å². The molecule has 0 unspecified atom stereocenters. The van der Waals surface area contributed by atoms with Crippen molar-refractivity contribution < 1.29 is 14.3 Å². The van der Waals surface area contributed by atoms with E-state index in [1.165, 1.54) is 11.3 Å². The number of carbonyl (C=O) groups is 1. The lowest BCUT2D eigenvalue weighted by Crippen LogP contribution is -2.25. The molecule has 3 rings (SSSR count). The van der Waals surface area contributed by atoms with E-state index in [1.807, 2.05) is 35.7 Å². The average molecular weight is 289 g/mol. The van der Waals surface area contributed by atoms with E-state index in [1.54, 1.807) is 11.9 Å². The van der Waals surface area contributed by atoms with Crippen LogP contribution in [0, 0.1) is 0 Å². The van der Waals surface area contributed by atoms with Crippen LogP contribution in [0.3, 0.4) is 0 Å². The van der Waals surface area contributed by atoms with Crippen molar-refractivity contribution in [2.24, 2.45) is 0 Å². The van der Waals surface area contributed by atoms with Gasteiger partial charge in [-0.1, -0.05) is 12.1 Å². The molecule has 0 spiro atoms. The molecule has 0 fully saturated rings. The number of fused-ring (bicyclic) bond motifs is 1. The molecule has 1 aliphatic heterocycles. The lowest BCUT2D eigenvalue weighted by Gasteiger charge is -2.21. The zero-order valence-electron chi connectivity index (χ0n) is 11.2. The van der Waals surface area contributed by atoms with Gasteiger partial charge in [0.15, 0.2) is 11.5 Å². The predicted octanol–water partition coefficient (Wildman–Crippen LogP) is 2.79. The van der Waals surface area contributed by atoms with E-state index in [4.69, 9.17) is 9.47 Å². The van der Waals surface area contributed by atoms with Crippen molar-refractivity contribution in [1.82, 2.24) is 4.90 Å². The minimum Gasteiger partial charge on any atom is -0.486 e. The molecule has 5 heteroatoms. The molecule has 104 valence electrons. The monoisotopic (exact) mass is 289 g/mol. The minimum atomic E-state index is 0.0369. The van der Waals surface area contributed by atoms with Crippen molar-refractivity contribution in [3.63, 3.8) is 0 Å². The van der Waals surface area contributed by atoms with Gasteiger partial charge in [-0.2, -0.15) is 0 Å². The molecule has 0 radical (unpaired) electrons. The molecular formula is C15H15NO3S. The molecular weight excluding hydrogens is 274 g/mol. The van der Waals surface area contributed by atoms with Crippen LogP contribution in [-0.2, 0) is 6.54 Å². The van der Waals surface area contributed by atoms with Crippen LogP contribution in [0.5, 0.6) is 11.5 Å². The zero-order valence-corrected chi connectivity index (χ0v) is 12.0. The van der Waals surface area contributed by atoms with Gasteiger partial charge in [-0.3, -0.25) is 4.79 Å². The summed E-state index contributed by atoms with van der Waals surface area (Å²) in [6.45, 7) is 1.71. The molecule has 4 nitrogen and oxygen atoms in total. The molecule has 2 aromatic rings. The highest BCUT2D eigenvalue weighted by atomic mass is 32.1. The van der Waals surface area contributed by atoms with Crippen LogP contribution >= 0.6 is 11.3 Å². The van der Waals surface area contributed by atoms with Crippen LogP contribution in [0.25, 0.3) is 0 Å². The quantitative estimate of drug-likeness (QED) is 0.872. The molecule has 20 heavy (non-hydrogen) atoms. The Morgan fingerprint density at radius 3 is 2.80 bits per heavy atom. The van der Waals surface area contributed by atoms with E-state index in [0.717, 1.165) is 21.9 Å². The highest BCUT2D eigenvalue weighted by Crippen LogP contribution is 2.31. The van der Waals surface area contributed by atoms with E-state index in [-0.39, 0.29) is 5.91 Å². The standard InChI is InChI=1S/C15H15NO3S/c1-16(15(17)14-3-2-8-20-14)10-11-4-5-12-13(9-11)19-7-6-18-12/h2-5,8-9H,6-7,10H2,1H3. The first-order valence-electron chi connectivity index (χ1n) is 6.41. The number of thiophene rings is 1. The van der Waals surface area contributed by atoms with Crippen LogP contribution in [0.2, 0.25) is 0 Å². The molecule has 1 aliphatic rings. The second-order valence-corrected chi connectivity index (χ2v) is 5.56. The summed E-state index contributed by atoms with van der Waals surface area (Å²) < 4.78 is 11.0. The Morgan fingerprint density at radius 1 is 1.25 bits per heavy atom. The third-order valence-electron chi connectivity index (χ3n) is 3.10. The van der Waals surface area contributed by atoms with Crippen molar-refractivity contribution in [2.45, 2.75) is 6.54 Å². The van der Waals surface area contributed by atoms with E-state index < -0.39 is 0 Å². The maximum atomic E-state index is 12.2. The first-order chi connectivity index (χ1) is 9.74. The minimum absolute atomic E-state index is 0.0369. The Labute approximate surface area is 121 Å². The molecule has 1 aromatic heterocycles. The van der Waals surface area contributed by atoms with Gasteiger partial charge >= 0.3 is 0 Å². The Balaban J connectivity index is 1.72. The lowest BCUT2D eigenvalue weighted by molar-refractivity contribution is 0.0789. The second-order valence-electron chi connectivity index (χ2n) is 4.62. The summed E-state index contributed by atoms with van der Waals surface area (Å²) in [5, 5.41) is 1.91. The van der Waals surface area contributed by atoms with Crippen molar-refractivity contribution in [2.75, 3.05) is 20.3 Å². The number of hydrogen-bond donors (Lipinski definition) is 0. The number of rotatable bonds is 3. The largest absolute Gasteiger partial charge is 0.486 e. The summed E-state index contributed by atoms with van der Waals surface area (Å²) in [5.74, 6) is 1.56. The van der Waals surface area contributed by atoms with Gasteiger partial charge in [-0.05, 0) is 29.1 Å². The zero-order chi connectivity index (χ0) is 13.9. The Bertz CT molecular complexity index is 610. The molecule has 1 amide bonds. The predicted molar refractivity (Wildman–Crippen MR) is 77.5 cm³/mol. The lowest BCUT2D eigenvalue weighted by atomic mass is 10.2. The van der Waals surface area contributed by atoms with Gasteiger partial charge in [0.25, 0.3) is 5.91 Å². The molecule has 0 bridgehead atoms. The van der Waals surface area contributed by atoms with Crippen LogP contribution in [-0.4, -0.2) is 31.1 Å². The topological polar surface area (TPSA) is 38.8 Å². The summed E-state index contributed by atoms with van der Waals surface area (Å²) in [4.78, 5) is 14.6. The van der Waals surface area contributed by atoms with Gasteiger partial charge in [0.2, 0.25) is 0 Å². The summed E-state index contributed by atoms with van der Waals surface area (Å²) in [7, 11) is 1.80. The van der Waals surface area contributed by atoms with E-state index in [0.29, 0.717) is 19.8 Å². The molecule has 0 aliphatic carbocycles. The molecule has 0 N–H and O–H groups in total. The third kappa shape index (κ3) is 2.63. The SMILES string of the molecule is CN(Cc1ccc2c(c1)OCCO2)C(=O)c1cccs1. The summed E-state index contributed by atoms with van der Waals surface area (Å²) in [5.41, 5.74) is 1.03. The maximum Gasteiger partial charge on any atom is 0.263 e. The highest BCUT2D eigenvalue weighted by Gasteiger charge is 2.15. The van der Waals surface area contributed by atoms with Gasteiger partial charge < -0.3 is 14.4 Å². The molecule has 0 saturated heterocycles. The van der Waals surface area contributed by atoms with Crippen molar-refractivity contribution in [3.05, 3.63) is 46.2 Å². The molecule has 0 saturated carbocycles. The molecule has 0 atom stereocenters.